The van der Waals surface area contributed by atoms with E-state index in [0.717, 1.165) is 36.1 Å². The van der Waals surface area contributed by atoms with E-state index < -0.39 is 0 Å². The van der Waals surface area contributed by atoms with Gasteiger partial charge in [-0.2, -0.15) is 0 Å². The Morgan fingerprint density at radius 3 is 2.81 bits per heavy atom. The van der Waals surface area contributed by atoms with Gasteiger partial charge in [-0.25, -0.2) is 0 Å². The van der Waals surface area contributed by atoms with Crippen molar-refractivity contribution in [2.24, 2.45) is 0 Å². The van der Waals surface area contributed by atoms with Crippen molar-refractivity contribution in [1.29, 1.82) is 0 Å². The third-order valence-electron chi connectivity index (χ3n) is 4.12. The first-order valence-corrected chi connectivity index (χ1v) is 7.42. The van der Waals surface area contributed by atoms with E-state index in [2.05, 4.69) is 10.3 Å². The molecule has 2 aromatic rings. The van der Waals surface area contributed by atoms with Crippen LogP contribution >= 0.6 is 0 Å². The monoisotopic (exact) mass is 284 g/mol. The molecule has 1 aromatic heterocycles. The Morgan fingerprint density at radius 1 is 1.24 bits per heavy atom. The summed E-state index contributed by atoms with van der Waals surface area (Å²) in [5.74, 6) is 0. The van der Waals surface area contributed by atoms with Crippen LogP contribution < -0.4 is 10.9 Å². The first kappa shape index (κ1) is 14.0. The van der Waals surface area contributed by atoms with Crippen molar-refractivity contribution in [3.05, 3.63) is 69.6 Å². The van der Waals surface area contributed by atoms with Crippen LogP contribution in [0.15, 0.2) is 47.3 Å². The first-order chi connectivity index (χ1) is 10.3. The molecule has 110 valence electrons. The number of aromatic amines is 1. The molecule has 3 N–H and O–H groups in total. The van der Waals surface area contributed by atoms with Crippen molar-refractivity contribution in [2.75, 3.05) is 6.61 Å². The second-order valence-electron chi connectivity index (χ2n) is 5.51. The van der Waals surface area contributed by atoms with Crippen LogP contribution in [0.3, 0.4) is 0 Å². The molecule has 0 radical (unpaired) electrons. The maximum Gasteiger partial charge on any atom is 0.248 e. The molecule has 0 amide bonds. The molecule has 4 nitrogen and oxygen atoms in total. The largest absolute Gasteiger partial charge is 0.394 e. The fraction of sp³-hybridized carbons (Fsp3) is 0.353. The highest BCUT2D eigenvalue weighted by molar-refractivity contribution is 5.27. The van der Waals surface area contributed by atoms with Crippen LogP contribution in [0.25, 0.3) is 0 Å². The van der Waals surface area contributed by atoms with Crippen LogP contribution in [-0.4, -0.2) is 16.7 Å². The van der Waals surface area contributed by atoms with Gasteiger partial charge < -0.3 is 15.4 Å². The molecule has 0 saturated heterocycles. The molecular formula is C17H20N2O2. The van der Waals surface area contributed by atoms with Gasteiger partial charge in [-0.3, -0.25) is 4.79 Å². The van der Waals surface area contributed by atoms with Crippen LogP contribution in [0.4, 0.5) is 0 Å². The molecule has 21 heavy (non-hydrogen) atoms. The summed E-state index contributed by atoms with van der Waals surface area (Å²) in [7, 11) is 0. The SMILES string of the molecule is O=c1ccc2c([nH]1)CCCC2N[C@@H](CO)c1ccccc1. The third kappa shape index (κ3) is 3.06. The van der Waals surface area contributed by atoms with Crippen molar-refractivity contribution in [3.8, 4) is 0 Å². The molecule has 2 atom stereocenters. The fourth-order valence-electron chi connectivity index (χ4n) is 3.06. The van der Waals surface area contributed by atoms with Crippen molar-refractivity contribution in [2.45, 2.75) is 31.3 Å². The van der Waals surface area contributed by atoms with Crippen LogP contribution in [0, 0.1) is 0 Å². The fourth-order valence-corrected chi connectivity index (χ4v) is 3.06. The molecular weight excluding hydrogens is 264 g/mol. The summed E-state index contributed by atoms with van der Waals surface area (Å²) in [5, 5.41) is 13.2. The number of aliphatic hydroxyl groups excluding tert-OH is 1. The zero-order valence-corrected chi connectivity index (χ0v) is 11.9. The van der Waals surface area contributed by atoms with Crippen molar-refractivity contribution >= 4 is 0 Å². The minimum Gasteiger partial charge on any atom is -0.394 e. The second-order valence-corrected chi connectivity index (χ2v) is 5.51. The quantitative estimate of drug-likeness (QED) is 0.805. The molecule has 4 heteroatoms. The van der Waals surface area contributed by atoms with E-state index >= 15 is 0 Å². The number of aryl methyl sites for hydroxylation is 1. The number of aromatic nitrogens is 1. The van der Waals surface area contributed by atoms with Crippen LogP contribution in [0.5, 0.6) is 0 Å². The molecule has 3 rings (SSSR count). The maximum atomic E-state index is 11.4. The summed E-state index contributed by atoms with van der Waals surface area (Å²) in [4.78, 5) is 14.4. The van der Waals surface area contributed by atoms with Gasteiger partial charge in [-0.1, -0.05) is 36.4 Å². The number of nitrogens with one attached hydrogen (secondary N) is 2. The molecule has 0 saturated carbocycles. The number of fused-ring (bicyclic) bond motifs is 1. The highest BCUT2D eigenvalue weighted by atomic mass is 16.3. The summed E-state index contributed by atoms with van der Waals surface area (Å²) >= 11 is 0. The Bertz CT molecular complexity index is 651. The van der Waals surface area contributed by atoms with Crippen molar-refractivity contribution in [1.82, 2.24) is 10.3 Å². The topological polar surface area (TPSA) is 65.1 Å². The zero-order valence-electron chi connectivity index (χ0n) is 11.9. The van der Waals surface area contributed by atoms with E-state index in [4.69, 9.17) is 0 Å². The lowest BCUT2D eigenvalue weighted by atomic mass is 9.90. The normalized spacial score (nSPS) is 19.0. The maximum absolute atomic E-state index is 11.4. The lowest BCUT2D eigenvalue weighted by Crippen LogP contribution is -2.32. The van der Waals surface area contributed by atoms with Crippen LogP contribution in [-0.2, 0) is 6.42 Å². The number of aliphatic hydroxyl groups is 1. The molecule has 1 aliphatic carbocycles. The number of hydrogen-bond acceptors (Lipinski definition) is 3. The lowest BCUT2D eigenvalue weighted by Gasteiger charge is -2.29. The van der Waals surface area contributed by atoms with E-state index in [1.165, 1.54) is 0 Å². The van der Waals surface area contributed by atoms with Gasteiger partial charge in [0.2, 0.25) is 5.56 Å². The van der Waals surface area contributed by atoms with Crippen LogP contribution in [0.2, 0.25) is 0 Å². The predicted molar refractivity (Wildman–Crippen MR) is 82.1 cm³/mol. The Morgan fingerprint density at radius 2 is 2.05 bits per heavy atom. The molecule has 1 aliphatic rings. The zero-order chi connectivity index (χ0) is 14.7. The molecule has 1 unspecified atom stereocenters. The first-order valence-electron chi connectivity index (χ1n) is 7.42. The molecule has 0 aliphatic heterocycles. The summed E-state index contributed by atoms with van der Waals surface area (Å²) in [6.07, 6.45) is 2.97. The minimum atomic E-state index is -0.0888. The van der Waals surface area contributed by atoms with Gasteiger partial charge in [0.05, 0.1) is 12.6 Å². The van der Waals surface area contributed by atoms with Gasteiger partial charge in [0.1, 0.15) is 0 Å². The number of rotatable bonds is 4. The average Bonchev–Trinajstić information content (AvgIpc) is 2.53. The minimum absolute atomic E-state index is 0.0452. The summed E-state index contributed by atoms with van der Waals surface area (Å²) in [6.45, 7) is 0.0548. The number of hydrogen-bond donors (Lipinski definition) is 3. The highest BCUT2D eigenvalue weighted by Gasteiger charge is 2.23. The van der Waals surface area contributed by atoms with E-state index in [1.54, 1.807) is 6.07 Å². The van der Waals surface area contributed by atoms with Gasteiger partial charge in [-0.15, -0.1) is 0 Å². The molecule has 0 spiro atoms. The summed E-state index contributed by atoms with van der Waals surface area (Å²) in [6, 6.07) is 13.5. The van der Waals surface area contributed by atoms with Gasteiger partial charge in [0.15, 0.2) is 0 Å². The van der Waals surface area contributed by atoms with Gasteiger partial charge in [0.25, 0.3) is 0 Å². The standard InChI is InChI=1S/C17H20N2O2/c20-11-16(12-5-2-1-3-6-12)18-14-7-4-8-15-13(14)9-10-17(21)19-15/h1-3,5-6,9-10,14,16,18,20H,4,7-8,11H2,(H,19,21)/t14?,16-/m0/s1. The molecule has 1 aromatic carbocycles. The second kappa shape index (κ2) is 6.24. The lowest BCUT2D eigenvalue weighted by molar-refractivity contribution is 0.228. The van der Waals surface area contributed by atoms with Gasteiger partial charge >= 0.3 is 0 Å². The Hall–Kier alpha value is -1.91. The molecule has 0 fully saturated rings. The Kier molecular flexibility index (Phi) is 4.18. The van der Waals surface area contributed by atoms with E-state index in [0.29, 0.717) is 0 Å². The highest BCUT2D eigenvalue weighted by Crippen LogP contribution is 2.29. The summed E-state index contributed by atoms with van der Waals surface area (Å²) in [5.41, 5.74) is 3.21. The molecule has 1 heterocycles. The number of benzene rings is 1. The number of pyridine rings is 1. The van der Waals surface area contributed by atoms with Crippen molar-refractivity contribution in [3.63, 3.8) is 0 Å². The molecule has 0 bridgehead atoms. The average molecular weight is 284 g/mol. The smallest absolute Gasteiger partial charge is 0.248 e. The Labute approximate surface area is 123 Å². The van der Waals surface area contributed by atoms with Crippen LogP contribution in [0.1, 0.15) is 41.7 Å². The van der Waals surface area contributed by atoms with Crippen molar-refractivity contribution < 1.29 is 5.11 Å². The van der Waals surface area contributed by atoms with E-state index in [-0.39, 0.29) is 24.2 Å². The van der Waals surface area contributed by atoms with Gasteiger partial charge in [0, 0.05) is 17.8 Å². The predicted octanol–water partition coefficient (Wildman–Crippen LogP) is 2.08. The van der Waals surface area contributed by atoms with E-state index in [1.807, 2.05) is 36.4 Å². The van der Waals surface area contributed by atoms with Gasteiger partial charge in [-0.05, 0) is 30.4 Å². The number of H-pyrrole nitrogens is 1. The Balaban J connectivity index is 1.84. The van der Waals surface area contributed by atoms with E-state index in [9.17, 15) is 9.90 Å². The summed E-state index contributed by atoms with van der Waals surface area (Å²) < 4.78 is 0. The third-order valence-corrected chi connectivity index (χ3v) is 4.12.